The maximum atomic E-state index is 12.4. The van der Waals surface area contributed by atoms with E-state index < -0.39 is 0 Å². The number of nitrogens with zero attached hydrogens (tertiary/aromatic N) is 1. The van der Waals surface area contributed by atoms with Gasteiger partial charge >= 0.3 is 0 Å². The number of rotatable bonds is 3. The molecule has 0 aliphatic rings. The first-order chi connectivity index (χ1) is 10.1. The average molecular weight is 343 g/mol. The number of aromatic amines is 1. The van der Waals surface area contributed by atoms with Crippen LogP contribution in [-0.4, -0.2) is 15.9 Å². The molecule has 0 radical (unpaired) electrons. The van der Waals surface area contributed by atoms with E-state index in [-0.39, 0.29) is 6.04 Å². The number of aromatic nitrogens is 1. The summed E-state index contributed by atoms with van der Waals surface area (Å²) in [5, 5.41) is 13.4. The Kier molecular flexibility index (Phi) is 3.80. The third-order valence-electron chi connectivity index (χ3n) is 3.58. The molecule has 3 nitrogen and oxygen atoms in total. The minimum absolute atomic E-state index is 0.256. The van der Waals surface area contributed by atoms with Gasteiger partial charge < -0.3 is 10.2 Å². The van der Waals surface area contributed by atoms with Crippen LogP contribution in [0.15, 0.2) is 59.2 Å². The van der Waals surface area contributed by atoms with Gasteiger partial charge in [-0.25, -0.2) is 4.74 Å². The lowest BCUT2D eigenvalue weighted by Gasteiger charge is -2.12. The highest BCUT2D eigenvalue weighted by Crippen LogP contribution is 2.28. The van der Waals surface area contributed by atoms with Gasteiger partial charge in [-0.05, 0) is 30.3 Å². The Morgan fingerprint density at radius 3 is 2.71 bits per heavy atom. The van der Waals surface area contributed by atoms with Crippen molar-refractivity contribution >= 4 is 33.0 Å². The highest BCUT2D eigenvalue weighted by Gasteiger charge is 2.17. The molecule has 0 aliphatic heterocycles. The molecule has 4 heteroatoms. The zero-order valence-corrected chi connectivity index (χ0v) is 13.2. The zero-order chi connectivity index (χ0) is 14.8. The monoisotopic (exact) mass is 342 g/mol. The van der Waals surface area contributed by atoms with Crippen molar-refractivity contribution in [1.29, 1.82) is 0 Å². The number of hydrogen-bond donors (Lipinski definition) is 1. The van der Waals surface area contributed by atoms with E-state index in [1.54, 1.807) is 6.21 Å². The summed E-state index contributed by atoms with van der Waals surface area (Å²) in [6, 6.07) is 15.4. The summed E-state index contributed by atoms with van der Waals surface area (Å²) in [5.74, 6) is 0. The Morgan fingerprint density at radius 2 is 1.95 bits per heavy atom. The minimum atomic E-state index is -0.256. The maximum Gasteiger partial charge on any atom is 0.187 e. The van der Waals surface area contributed by atoms with Crippen LogP contribution in [0.2, 0.25) is 0 Å². The Balaban J connectivity index is 1.98. The number of benzene rings is 2. The molecule has 0 saturated heterocycles. The lowest BCUT2D eigenvalue weighted by atomic mass is 10.1. The largest absolute Gasteiger partial charge is 0.623 e. The number of nitrogens with one attached hydrogen (secondary N) is 1. The smallest absolute Gasteiger partial charge is 0.187 e. The number of halogens is 1. The van der Waals surface area contributed by atoms with Gasteiger partial charge in [-0.1, -0.05) is 34.1 Å². The van der Waals surface area contributed by atoms with Crippen LogP contribution < -0.4 is 0 Å². The molecule has 3 rings (SSSR count). The van der Waals surface area contributed by atoms with Crippen molar-refractivity contribution in [2.75, 3.05) is 0 Å². The van der Waals surface area contributed by atoms with Crippen molar-refractivity contribution in [3.05, 3.63) is 75.5 Å². The number of hydrogen-bond acceptors (Lipinski definition) is 1. The molecule has 1 atom stereocenters. The van der Waals surface area contributed by atoms with Crippen molar-refractivity contribution in [2.24, 2.45) is 0 Å². The van der Waals surface area contributed by atoms with E-state index in [4.69, 9.17) is 0 Å². The third kappa shape index (κ3) is 2.85. The van der Waals surface area contributed by atoms with Crippen LogP contribution in [0.3, 0.4) is 0 Å². The van der Waals surface area contributed by atoms with E-state index in [1.165, 1.54) is 0 Å². The summed E-state index contributed by atoms with van der Waals surface area (Å²) in [7, 11) is 0. The lowest BCUT2D eigenvalue weighted by molar-refractivity contribution is -0.497. The molecule has 0 amide bonds. The first kappa shape index (κ1) is 13.9. The second-order valence-corrected chi connectivity index (χ2v) is 5.93. The fraction of sp³-hybridized carbons (Fsp3) is 0.118. The lowest BCUT2D eigenvalue weighted by Crippen LogP contribution is -2.11. The molecule has 1 heterocycles. The van der Waals surface area contributed by atoms with Crippen molar-refractivity contribution in [1.82, 2.24) is 4.98 Å². The van der Waals surface area contributed by atoms with E-state index in [1.807, 2.05) is 61.7 Å². The molecular weight excluding hydrogens is 328 g/mol. The van der Waals surface area contributed by atoms with Crippen molar-refractivity contribution in [3.63, 3.8) is 0 Å². The highest BCUT2D eigenvalue weighted by atomic mass is 79.9. The van der Waals surface area contributed by atoms with E-state index in [2.05, 4.69) is 20.9 Å². The number of H-pyrrole nitrogens is 1. The summed E-state index contributed by atoms with van der Waals surface area (Å²) in [6.07, 6.45) is 3.53. The molecule has 3 aromatic rings. The Bertz CT molecular complexity index is 793. The van der Waals surface area contributed by atoms with Gasteiger partial charge in [-0.3, -0.25) is 0 Å². The Morgan fingerprint density at radius 1 is 1.19 bits per heavy atom. The molecule has 0 saturated carbocycles. The first-order valence-electron chi connectivity index (χ1n) is 6.77. The van der Waals surface area contributed by atoms with Gasteiger partial charge in [0.25, 0.3) is 0 Å². The molecule has 1 unspecified atom stereocenters. The quantitative estimate of drug-likeness (QED) is 0.321. The predicted molar refractivity (Wildman–Crippen MR) is 89.6 cm³/mol. The second kappa shape index (κ2) is 5.74. The molecule has 1 N–H and O–H groups in total. The topological polar surface area (TPSA) is 41.9 Å². The van der Waals surface area contributed by atoms with Gasteiger partial charge in [-0.2, -0.15) is 0 Å². The average Bonchev–Trinajstić information content (AvgIpc) is 2.90. The van der Waals surface area contributed by atoms with Crippen molar-refractivity contribution < 1.29 is 4.74 Å². The van der Waals surface area contributed by atoms with Crippen LogP contribution in [0, 0.1) is 5.21 Å². The van der Waals surface area contributed by atoms with Crippen LogP contribution >= 0.6 is 15.9 Å². The van der Waals surface area contributed by atoms with Gasteiger partial charge in [0.2, 0.25) is 0 Å². The minimum Gasteiger partial charge on any atom is -0.623 e. The highest BCUT2D eigenvalue weighted by molar-refractivity contribution is 9.10. The molecule has 21 heavy (non-hydrogen) atoms. The second-order valence-electron chi connectivity index (χ2n) is 5.01. The first-order valence-corrected chi connectivity index (χ1v) is 7.56. The zero-order valence-electron chi connectivity index (χ0n) is 11.6. The fourth-order valence-corrected chi connectivity index (χ4v) is 2.76. The van der Waals surface area contributed by atoms with Gasteiger partial charge in [-0.15, -0.1) is 0 Å². The molecule has 2 aromatic carbocycles. The number of fused-ring (bicyclic) bond motifs is 1. The number of hydroxylamine groups is 1. The van der Waals surface area contributed by atoms with E-state index in [0.29, 0.717) is 0 Å². The summed E-state index contributed by atoms with van der Waals surface area (Å²) in [4.78, 5) is 3.21. The molecule has 0 spiro atoms. The normalized spacial score (nSPS) is 13.5. The summed E-state index contributed by atoms with van der Waals surface area (Å²) >= 11 is 3.48. The van der Waals surface area contributed by atoms with Crippen LogP contribution in [0.4, 0.5) is 0 Å². The van der Waals surface area contributed by atoms with Gasteiger partial charge in [0.15, 0.2) is 12.3 Å². The Labute approximate surface area is 131 Å². The van der Waals surface area contributed by atoms with Gasteiger partial charge in [0.1, 0.15) is 0 Å². The van der Waals surface area contributed by atoms with Crippen molar-refractivity contribution in [2.45, 2.75) is 13.0 Å². The molecule has 0 aliphatic carbocycles. The standard InChI is InChI=1S/C17H15BrN2O/c1-12(20(21)11-13-5-3-2-4-6-13)16-10-19-17-8-7-14(18)9-15(16)17/h2-12,19H,1H3/b20-11-. The summed E-state index contributed by atoms with van der Waals surface area (Å²) in [5.41, 5.74) is 2.93. The summed E-state index contributed by atoms with van der Waals surface area (Å²) in [6.45, 7) is 1.91. The maximum absolute atomic E-state index is 12.4. The molecule has 0 bridgehead atoms. The van der Waals surface area contributed by atoms with E-state index in [9.17, 15) is 5.21 Å². The molecular formula is C17H15BrN2O. The van der Waals surface area contributed by atoms with Gasteiger partial charge in [0, 0.05) is 39.6 Å². The molecule has 1 aromatic heterocycles. The molecule has 106 valence electrons. The third-order valence-corrected chi connectivity index (χ3v) is 4.08. The predicted octanol–water partition coefficient (Wildman–Crippen LogP) is 4.62. The van der Waals surface area contributed by atoms with Crippen LogP contribution in [-0.2, 0) is 0 Å². The fourth-order valence-electron chi connectivity index (χ4n) is 2.39. The van der Waals surface area contributed by atoms with E-state index in [0.717, 1.165) is 31.2 Å². The van der Waals surface area contributed by atoms with Crippen molar-refractivity contribution in [3.8, 4) is 0 Å². The van der Waals surface area contributed by atoms with E-state index >= 15 is 0 Å². The SMILES string of the molecule is CC(c1c[nH]c2ccc(Br)cc12)/[N+]([O-])=C/c1ccccc1. The molecule has 0 fully saturated rings. The van der Waals surface area contributed by atoms with Crippen LogP contribution in [0.25, 0.3) is 10.9 Å². The Hall–Kier alpha value is -2.07. The summed E-state index contributed by atoms with van der Waals surface area (Å²) < 4.78 is 2.01. The van der Waals surface area contributed by atoms with Crippen LogP contribution in [0.5, 0.6) is 0 Å². The van der Waals surface area contributed by atoms with Crippen LogP contribution in [0.1, 0.15) is 24.1 Å². The van der Waals surface area contributed by atoms with Gasteiger partial charge in [0.05, 0.1) is 0 Å².